The molecule has 0 spiro atoms. The Kier molecular flexibility index (Phi) is 4.63. The summed E-state index contributed by atoms with van der Waals surface area (Å²) in [5.41, 5.74) is 1.50. The summed E-state index contributed by atoms with van der Waals surface area (Å²) in [7, 11) is 0. The predicted octanol–water partition coefficient (Wildman–Crippen LogP) is 4.08. The standard InChI is InChI=1S/C15H25NS/c1-11(8-9-16-14-5-6-14)4-7-15-12(2)10-13(3)17-15/h10-11,14,16H,4-9H2,1-3H3. The first-order valence-corrected chi connectivity index (χ1v) is 7.76. The average molecular weight is 251 g/mol. The highest BCUT2D eigenvalue weighted by molar-refractivity contribution is 7.12. The van der Waals surface area contributed by atoms with Crippen LogP contribution in [0.3, 0.4) is 0 Å². The summed E-state index contributed by atoms with van der Waals surface area (Å²) in [4.78, 5) is 3.06. The van der Waals surface area contributed by atoms with Crippen molar-refractivity contribution in [3.05, 3.63) is 21.4 Å². The lowest BCUT2D eigenvalue weighted by molar-refractivity contribution is 0.470. The van der Waals surface area contributed by atoms with E-state index < -0.39 is 0 Å². The summed E-state index contributed by atoms with van der Waals surface area (Å²) >= 11 is 1.98. The summed E-state index contributed by atoms with van der Waals surface area (Å²) in [5.74, 6) is 0.850. The molecule has 0 radical (unpaired) electrons. The van der Waals surface area contributed by atoms with Crippen LogP contribution in [0.5, 0.6) is 0 Å². The van der Waals surface area contributed by atoms with E-state index in [0.29, 0.717) is 0 Å². The fourth-order valence-corrected chi connectivity index (χ4v) is 3.35. The fraction of sp³-hybridized carbons (Fsp3) is 0.733. The maximum atomic E-state index is 3.60. The molecule has 2 heteroatoms. The van der Waals surface area contributed by atoms with Crippen molar-refractivity contribution in [2.75, 3.05) is 6.54 Å². The van der Waals surface area contributed by atoms with Crippen LogP contribution >= 0.6 is 11.3 Å². The van der Waals surface area contributed by atoms with E-state index in [1.165, 1.54) is 49.1 Å². The molecule has 96 valence electrons. The highest BCUT2D eigenvalue weighted by Gasteiger charge is 2.19. The van der Waals surface area contributed by atoms with E-state index in [1.54, 1.807) is 4.88 Å². The molecule has 1 N–H and O–H groups in total. The SMILES string of the molecule is Cc1cc(C)c(CCC(C)CCNC2CC2)s1. The predicted molar refractivity (Wildman–Crippen MR) is 76.9 cm³/mol. The molecular formula is C15H25NS. The third-order valence-electron chi connectivity index (χ3n) is 3.66. The topological polar surface area (TPSA) is 12.0 Å². The molecule has 1 nitrogen and oxygen atoms in total. The maximum Gasteiger partial charge on any atom is 0.00773 e. The van der Waals surface area contributed by atoms with Crippen LogP contribution in [0, 0.1) is 19.8 Å². The van der Waals surface area contributed by atoms with E-state index in [1.807, 2.05) is 11.3 Å². The molecule has 17 heavy (non-hydrogen) atoms. The molecule has 1 saturated carbocycles. The average Bonchev–Trinajstić information content (AvgIpc) is 3.02. The van der Waals surface area contributed by atoms with Crippen LogP contribution in [0.2, 0.25) is 0 Å². The van der Waals surface area contributed by atoms with Crippen molar-refractivity contribution in [1.82, 2.24) is 5.32 Å². The molecule has 1 aliphatic rings. The lowest BCUT2D eigenvalue weighted by Gasteiger charge is -2.11. The van der Waals surface area contributed by atoms with E-state index in [4.69, 9.17) is 0 Å². The summed E-state index contributed by atoms with van der Waals surface area (Å²) in [6, 6.07) is 3.18. The van der Waals surface area contributed by atoms with Crippen molar-refractivity contribution in [2.45, 2.75) is 58.9 Å². The van der Waals surface area contributed by atoms with Gasteiger partial charge >= 0.3 is 0 Å². The Balaban J connectivity index is 1.64. The van der Waals surface area contributed by atoms with E-state index in [0.717, 1.165) is 12.0 Å². The number of hydrogen-bond acceptors (Lipinski definition) is 2. The van der Waals surface area contributed by atoms with Crippen molar-refractivity contribution in [3.63, 3.8) is 0 Å². The fourth-order valence-electron chi connectivity index (χ4n) is 2.28. The van der Waals surface area contributed by atoms with Crippen molar-refractivity contribution in [3.8, 4) is 0 Å². The van der Waals surface area contributed by atoms with Crippen molar-refractivity contribution in [2.24, 2.45) is 5.92 Å². The van der Waals surface area contributed by atoms with Gasteiger partial charge in [0.25, 0.3) is 0 Å². The van der Waals surface area contributed by atoms with Gasteiger partial charge in [0, 0.05) is 15.8 Å². The first-order valence-electron chi connectivity index (χ1n) is 6.94. The van der Waals surface area contributed by atoms with Gasteiger partial charge in [-0.1, -0.05) is 6.92 Å². The van der Waals surface area contributed by atoms with Gasteiger partial charge in [-0.15, -0.1) is 11.3 Å². The second-order valence-electron chi connectivity index (χ2n) is 5.62. The Morgan fingerprint density at radius 2 is 2.12 bits per heavy atom. The van der Waals surface area contributed by atoms with Crippen molar-refractivity contribution < 1.29 is 0 Å². The summed E-state index contributed by atoms with van der Waals surface area (Å²) in [6.45, 7) is 8.07. The first kappa shape index (κ1) is 13.1. The molecule has 0 bridgehead atoms. The highest BCUT2D eigenvalue weighted by atomic mass is 32.1. The number of nitrogens with one attached hydrogen (secondary N) is 1. The largest absolute Gasteiger partial charge is 0.314 e. The van der Waals surface area contributed by atoms with Crippen molar-refractivity contribution in [1.29, 1.82) is 0 Å². The molecule has 1 aromatic rings. The van der Waals surface area contributed by atoms with Crippen molar-refractivity contribution >= 4 is 11.3 Å². The molecule has 1 aliphatic carbocycles. The van der Waals surface area contributed by atoms with Crippen LogP contribution in [0.15, 0.2) is 6.07 Å². The Labute approximate surface area is 110 Å². The maximum absolute atomic E-state index is 3.60. The van der Waals surface area contributed by atoms with Gasteiger partial charge in [0.05, 0.1) is 0 Å². The van der Waals surface area contributed by atoms with Crippen LogP contribution in [0.25, 0.3) is 0 Å². The zero-order chi connectivity index (χ0) is 12.3. The summed E-state index contributed by atoms with van der Waals surface area (Å²) in [6.07, 6.45) is 6.76. The Bertz CT molecular complexity index is 352. The second-order valence-corrected chi connectivity index (χ2v) is 6.97. The van der Waals surface area contributed by atoms with Crippen LogP contribution < -0.4 is 5.32 Å². The monoisotopic (exact) mass is 251 g/mol. The van der Waals surface area contributed by atoms with Crippen LogP contribution in [0.1, 0.15) is 47.9 Å². The van der Waals surface area contributed by atoms with E-state index in [-0.39, 0.29) is 0 Å². The van der Waals surface area contributed by atoms with Gasteiger partial charge in [0.15, 0.2) is 0 Å². The van der Waals surface area contributed by atoms with Crippen LogP contribution in [0.4, 0.5) is 0 Å². The molecule has 1 unspecified atom stereocenters. The minimum atomic E-state index is 0.850. The van der Waals surface area contributed by atoms with E-state index >= 15 is 0 Å². The first-order chi connectivity index (χ1) is 8.15. The van der Waals surface area contributed by atoms with Gasteiger partial charge in [-0.05, 0) is 70.0 Å². The minimum Gasteiger partial charge on any atom is -0.314 e. The lowest BCUT2D eigenvalue weighted by Crippen LogP contribution is -2.19. The molecule has 0 aliphatic heterocycles. The molecule has 0 aromatic carbocycles. The smallest absolute Gasteiger partial charge is 0.00773 e. The van der Waals surface area contributed by atoms with Gasteiger partial charge in [-0.3, -0.25) is 0 Å². The molecule has 1 aromatic heterocycles. The Morgan fingerprint density at radius 3 is 2.71 bits per heavy atom. The third kappa shape index (κ3) is 4.44. The Hall–Kier alpha value is -0.340. The number of rotatable bonds is 7. The van der Waals surface area contributed by atoms with Crippen LogP contribution in [-0.2, 0) is 6.42 Å². The second kappa shape index (κ2) is 6.01. The zero-order valence-corrected chi connectivity index (χ0v) is 12.2. The number of aryl methyl sites for hydroxylation is 3. The molecule has 2 rings (SSSR count). The lowest BCUT2D eigenvalue weighted by atomic mass is 10.0. The van der Waals surface area contributed by atoms with E-state index in [2.05, 4.69) is 32.2 Å². The minimum absolute atomic E-state index is 0.850. The van der Waals surface area contributed by atoms with Gasteiger partial charge < -0.3 is 5.32 Å². The number of thiophene rings is 1. The third-order valence-corrected chi connectivity index (χ3v) is 4.87. The zero-order valence-electron chi connectivity index (χ0n) is 11.4. The normalized spacial score (nSPS) is 17.4. The highest BCUT2D eigenvalue weighted by Crippen LogP contribution is 2.24. The van der Waals surface area contributed by atoms with Gasteiger partial charge in [-0.2, -0.15) is 0 Å². The summed E-state index contributed by atoms with van der Waals surface area (Å²) in [5, 5.41) is 3.60. The number of hydrogen-bond donors (Lipinski definition) is 1. The molecule has 0 saturated heterocycles. The van der Waals surface area contributed by atoms with Gasteiger partial charge in [-0.25, -0.2) is 0 Å². The van der Waals surface area contributed by atoms with Crippen LogP contribution in [-0.4, -0.2) is 12.6 Å². The van der Waals surface area contributed by atoms with Gasteiger partial charge in [0.1, 0.15) is 0 Å². The summed E-state index contributed by atoms with van der Waals surface area (Å²) < 4.78 is 0. The molecule has 1 heterocycles. The molecule has 0 amide bonds. The molecule has 1 fully saturated rings. The quantitative estimate of drug-likeness (QED) is 0.770. The molecule has 1 atom stereocenters. The van der Waals surface area contributed by atoms with Gasteiger partial charge in [0.2, 0.25) is 0 Å². The molecular weight excluding hydrogens is 226 g/mol. The Morgan fingerprint density at radius 1 is 1.35 bits per heavy atom. The van der Waals surface area contributed by atoms with E-state index in [9.17, 15) is 0 Å².